The highest BCUT2D eigenvalue weighted by Gasteiger charge is 2.27. The predicted octanol–water partition coefficient (Wildman–Crippen LogP) is 5.13. The Kier molecular flexibility index (Phi) is 8.45. The van der Waals surface area contributed by atoms with Crippen molar-refractivity contribution in [3.05, 3.63) is 98.7 Å². The Morgan fingerprint density at radius 1 is 0.970 bits per heavy atom. The van der Waals surface area contributed by atoms with Crippen LogP contribution in [-0.4, -0.2) is 31.4 Å². The number of hydrogen-bond donors (Lipinski definition) is 1. The molecule has 0 aromatic heterocycles. The first-order valence-corrected chi connectivity index (χ1v) is 12.0. The Hall–Kier alpha value is -2.49. The van der Waals surface area contributed by atoms with Gasteiger partial charge in [-0.05, 0) is 42.5 Å². The molecule has 0 aliphatic carbocycles. The number of rotatable bonds is 8. The molecule has 0 aliphatic rings. The molecule has 3 aromatic rings. The second kappa shape index (κ2) is 11.1. The normalized spacial score (nSPS) is 11.8. The molecule has 0 unspecified atom stereocenters. The zero-order valence-corrected chi connectivity index (χ0v) is 20.0. The molecule has 0 heterocycles. The smallest absolute Gasteiger partial charge is 0.255 e. The Labute approximate surface area is 205 Å². The average Bonchev–Trinajstić information content (AvgIpc) is 2.77. The molecule has 33 heavy (non-hydrogen) atoms. The lowest BCUT2D eigenvalue weighted by Crippen LogP contribution is -2.39. The number of carbonyl (C=O) groups excluding carboxylic acids is 1. The van der Waals surface area contributed by atoms with E-state index in [1.54, 1.807) is 24.3 Å². The summed E-state index contributed by atoms with van der Waals surface area (Å²) in [4.78, 5) is 12.4. The molecule has 6 nitrogen and oxygen atoms in total. The summed E-state index contributed by atoms with van der Waals surface area (Å²) in [7, 11) is -4.17. The fourth-order valence-corrected chi connectivity index (χ4v) is 4.79. The van der Waals surface area contributed by atoms with Crippen molar-refractivity contribution >= 4 is 56.9 Å². The molecule has 3 rings (SSSR count). The Morgan fingerprint density at radius 2 is 1.61 bits per heavy atom. The van der Waals surface area contributed by atoms with Crippen molar-refractivity contribution in [1.82, 2.24) is 9.73 Å². The maximum atomic E-state index is 14.2. The van der Waals surface area contributed by atoms with Gasteiger partial charge >= 0.3 is 0 Å². The van der Waals surface area contributed by atoms with Crippen LogP contribution in [0.4, 0.5) is 4.39 Å². The molecule has 0 aliphatic heterocycles. The Morgan fingerprint density at radius 3 is 2.24 bits per heavy atom. The van der Waals surface area contributed by atoms with Gasteiger partial charge in [-0.3, -0.25) is 4.79 Å². The third-order valence-electron chi connectivity index (χ3n) is 4.46. The second-order valence-corrected chi connectivity index (χ2v) is 9.94. The first-order valence-electron chi connectivity index (χ1n) is 9.43. The van der Waals surface area contributed by atoms with Crippen LogP contribution in [0.15, 0.2) is 76.7 Å². The van der Waals surface area contributed by atoms with E-state index in [1.807, 2.05) is 0 Å². The quantitative estimate of drug-likeness (QED) is 0.325. The van der Waals surface area contributed by atoms with Crippen molar-refractivity contribution < 1.29 is 17.6 Å². The van der Waals surface area contributed by atoms with Crippen molar-refractivity contribution in [1.29, 1.82) is 0 Å². The van der Waals surface area contributed by atoms with Gasteiger partial charge in [0.05, 0.1) is 27.7 Å². The van der Waals surface area contributed by atoms with Crippen molar-refractivity contribution in [2.45, 2.75) is 11.4 Å². The van der Waals surface area contributed by atoms with Gasteiger partial charge in [-0.1, -0.05) is 59.1 Å². The number of sulfonamides is 1. The molecule has 11 heteroatoms. The Balaban J connectivity index is 1.83. The molecule has 0 saturated heterocycles. The number of amides is 1. The van der Waals surface area contributed by atoms with E-state index in [-0.39, 0.29) is 17.0 Å². The number of nitrogens with one attached hydrogen (secondary N) is 1. The number of nitrogens with zero attached hydrogens (tertiary/aromatic N) is 2. The fourth-order valence-electron chi connectivity index (χ4n) is 2.80. The van der Waals surface area contributed by atoms with Crippen LogP contribution in [0.3, 0.4) is 0 Å². The summed E-state index contributed by atoms with van der Waals surface area (Å²) in [6, 6.07) is 16.0. The van der Waals surface area contributed by atoms with Crippen molar-refractivity contribution in [3.8, 4) is 0 Å². The standard InChI is InChI=1S/C22H17Cl3FN3O3S/c23-16-8-10-17(11-9-16)33(31,32)29(13-15-4-1-2-7-21(15)26)14-22(30)28-27-12-18-19(24)5-3-6-20(18)25/h1-12H,13-14H2,(H,28,30)/b27-12-. The number of carbonyl (C=O) groups is 1. The molecule has 0 radical (unpaired) electrons. The first kappa shape index (κ1) is 25.1. The molecule has 172 valence electrons. The molecule has 0 bridgehead atoms. The van der Waals surface area contributed by atoms with Gasteiger partial charge in [0, 0.05) is 22.7 Å². The van der Waals surface area contributed by atoms with Gasteiger partial charge in [0.25, 0.3) is 5.91 Å². The van der Waals surface area contributed by atoms with E-state index in [0.29, 0.717) is 20.6 Å². The molecular weight excluding hydrogens is 512 g/mol. The van der Waals surface area contributed by atoms with Crippen molar-refractivity contribution in [2.24, 2.45) is 5.10 Å². The van der Waals surface area contributed by atoms with E-state index in [0.717, 1.165) is 4.31 Å². The number of hydrogen-bond acceptors (Lipinski definition) is 4. The highest BCUT2D eigenvalue weighted by atomic mass is 35.5. The van der Waals surface area contributed by atoms with Gasteiger partial charge in [-0.25, -0.2) is 18.2 Å². The third kappa shape index (κ3) is 6.52. The highest BCUT2D eigenvalue weighted by molar-refractivity contribution is 7.89. The van der Waals surface area contributed by atoms with Gasteiger partial charge in [0.2, 0.25) is 10.0 Å². The van der Waals surface area contributed by atoms with Crippen molar-refractivity contribution in [3.63, 3.8) is 0 Å². The summed E-state index contributed by atoms with van der Waals surface area (Å²) in [5, 5.41) is 4.80. The van der Waals surface area contributed by atoms with E-state index < -0.39 is 28.3 Å². The minimum Gasteiger partial charge on any atom is -0.272 e. The summed E-state index contributed by atoms with van der Waals surface area (Å²) in [5.74, 6) is -1.34. The lowest BCUT2D eigenvalue weighted by molar-refractivity contribution is -0.121. The van der Waals surface area contributed by atoms with E-state index in [9.17, 15) is 17.6 Å². The molecule has 0 saturated carbocycles. The summed E-state index contributed by atoms with van der Waals surface area (Å²) >= 11 is 18.0. The second-order valence-electron chi connectivity index (χ2n) is 6.75. The lowest BCUT2D eigenvalue weighted by atomic mass is 10.2. The van der Waals surface area contributed by atoms with Gasteiger partial charge in [0.1, 0.15) is 5.82 Å². The topological polar surface area (TPSA) is 78.8 Å². The number of benzene rings is 3. The average molecular weight is 529 g/mol. The van der Waals surface area contributed by atoms with Crippen LogP contribution < -0.4 is 5.43 Å². The van der Waals surface area contributed by atoms with Crippen LogP contribution >= 0.6 is 34.8 Å². The van der Waals surface area contributed by atoms with Crippen LogP contribution in [0.5, 0.6) is 0 Å². The maximum absolute atomic E-state index is 14.2. The van der Waals surface area contributed by atoms with Gasteiger partial charge in [-0.15, -0.1) is 0 Å². The minimum absolute atomic E-state index is 0.0950. The molecule has 1 amide bonds. The highest BCUT2D eigenvalue weighted by Crippen LogP contribution is 2.23. The van der Waals surface area contributed by atoms with Crippen molar-refractivity contribution in [2.75, 3.05) is 6.54 Å². The molecule has 0 fully saturated rings. The predicted molar refractivity (Wildman–Crippen MR) is 128 cm³/mol. The first-order chi connectivity index (χ1) is 15.7. The van der Waals surface area contributed by atoms with Crippen LogP contribution in [0.1, 0.15) is 11.1 Å². The SMILES string of the molecule is O=C(CN(Cc1ccccc1F)S(=O)(=O)c1ccc(Cl)cc1)N/N=C\c1c(Cl)cccc1Cl. The largest absolute Gasteiger partial charge is 0.272 e. The molecular formula is C22H17Cl3FN3O3S. The van der Waals surface area contributed by atoms with Gasteiger partial charge < -0.3 is 0 Å². The summed E-state index contributed by atoms with van der Waals surface area (Å²) < 4.78 is 41.4. The van der Waals surface area contributed by atoms with Crippen LogP contribution in [-0.2, 0) is 21.4 Å². The Bertz CT molecular complexity index is 1270. The maximum Gasteiger partial charge on any atom is 0.255 e. The summed E-state index contributed by atoms with van der Waals surface area (Å²) in [6.07, 6.45) is 1.25. The summed E-state index contributed by atoms with van der Waals surface area (Å²) in [6.45, 7) is -0.988. The van der Waals surface area contributed by atoms with Crippen LogP contribution in [0.2, 0.25) is 15.1 Å². The molecule has 0 atom stereocenters. The monoisotopic (exact) mass is 527 g/mol. The third-order valence-corrected chi connectivity index (χ3v) is 7.18. The van der Waals surface area contributed by atoms with E-state index in [2.05, 4.69) is 10.5 Å². The fraction of sp³-hybridized carbons (Fsp3) is 0.0909. The van der Waals surface area contributed by atoms with Crippen LogP contribution in [0, 0.1) is 5.82 Å². The molecule has 3 aromatic carbocycles. The van der Waals surface area contributed by atoms with Gasteiger partial charge in [-0.2, -0.15) is 9.41 Å². The zero-order valence-electron chi connectivity index (χ0n) is 16.9. The molecule has 0 spiro atoms. The van der Waals surface area contributed by atoms with E-state index in [4.69, 9.17) is 34.8 Å². The summed E-state index contributed by atoms with van der Waals surface area (Å²) in [5.41, 5.74) is 2.73. The number of hydrazone groups is 1. The van der Waals surface area contributed by atoms with E-state index >= 15 is 0 Å². The molecule has 1 N–H and O–H groups in total. The lowest BCUT2D eigenvalue weighted by Gasteiger charge is -2.21. The van der Waals surface area contributed by atoms with Gasteiger partial charge in [0.15, 0.2) is 0 Å². The minimum atomic E-state index is -4.17. The number of halogens is 4. The van der Waals surface area contributed by atoms with E-state index in [1.165, 1.54) is 48.7 Å². The zero-order chi connectivity index (χ0) is 24.0. The van der Waals surface area contributed by atoms with Crippen LogP contribution in [0.25, 0.3) is 0 Å².